The van der Waals surface area contributed by atoms with E-state index in [1.165, 1.54) is 24.1 Å². The highest BCUT2D eigenvalue weighted by Gasteiger charge is 2.60. The van der Waals surface area contributed by atoms with Gasteiger partial charge in [0.2, 0.25) is 0 Å². The second-order valence-corrected chi connectivity index (χ2v) is 12.1. The molecule has 1 aromatic rings. The number of hydrazone groups is 1. The van der Waals surface area contributed by atoms with Crippen LogP contribution < -0.4 is 5.43 Å². The first-order chi connectivity index (χ1) is 15.9. The predicted molar refractivity (Wildman–Crippen MR) is 132 cm³/mol. The number of anilines is 1. The molecule has 6 atom stereocenters. The lowest BCUT2D eigenvalue weighted by Crippen LogP contribution is -2.38. The molecule has 5 rings (SSSR count). The minimum atomic E-state index is -0.622. The van der Waals surface area contributed by atoms with E-state index >= 15 is 0 Å². The number of allylic oxidation sites excluding steroid dienone is 2. The number of nitrogens with one attached hydrogen (secondary N) is 1. The third-order valence-corrected chi connectivity index (χ3v) is 10.5. The second kappa shape index (κ2) is 7.36. The van der Waals surface area contributed by atoms with Crippen LogP contribution in [-0.4, -0.2) is 15.6 Å². The molecule has 0 amide bonds. The van der Waals surface area contributed by atoms with Gasteiger partial charge in [-0.2, -0.15) is 5.10 Å². The Morgan fingerprint density at radius 2 is 1.65 bits per heavy atom. The van der Waals surface area contributed by atoms with E-state index in [2.05, 4.69) is 47.0 Å². The number of rotatable bonds is 4. The lowest BCUT2D eigenvalue weighted by molar-refractivity contribution is -0.393. The summed E-state index contributed by atoms with van der Waals surface area (Å²) in [4.78, 5) is 21.5. The van der Waals surface area contributed by atoms with Gasteiger partial charge in [-0.3, -0.25) is 25.7 Å². The fraction of sp³-hybridized carbons (Fsp3) is 0.654. The van der Waals surface area contributed by atoms with Gasteiger partial charge in [0.05, 0.1) is 21.6 Å². The number of hydrogen-bond donors (Lipinski definition) is 1. The second-order valence-electron chi connectivity index (χ2n) is 12.1. The number of non-ortho nitro benzene ring substituents is 1. The van der Waals surface area contributed by atoms with E-state index < -0.39 is 9.85 Å². The summed E-state index contributed by atoms with van der Waals surface area (Å²) in [7, 11) is 0. The minimum absolute atomic E-state index is 0.185. The average Bonchev–Trinajstić information content (AvgIpc) is 3.47. The number of benzene rings is 1. The van der Waals surface area contributed by atoms with Crippen molar-refractivity contribution in [1.82, 2.24) is 0 Å². The van der Waals surface area contributed by atoms with Crippen molar-refractivity contribution in [3.8, 4) is 0 Å². The van der Waals surface area contributed by atoms with Gasteiger partial charge in [-0.1, -0.05) is 47.1 Å². The maximum atomic E-state index is 11.6. The summed E-state index contributed by atoms with van der Waals surface area (Å²) in [5.41, 5.74) is 7.06. The Balaban J connectivity index is 1.56. The Bertz CT molecular complexity index is 1150. The highest BCUT2D eigenvalue weighted by Crippen LogP contribution is 2.67. The molecular formula is C26H34N4O4. The Kier molecular flexibility index (Phi) is 4.98. The standard InChI is InChI=1S/C26H34N4O4/c1-13-17-9-15(25(13,3)4)10-19(17)23-20-12-18(14(2)26(20,5)6)24(23)28-27-21-8-7-16(29(31)32)11-22(21)30(33)34/h7-8,11,13-15,17-18,20,27H,9-10,12H2,1-6H3/b23-19?,28-24-/t13-,14+,15-,17-,18-,20+/m1/s1. The molecule has 4 saturated carbocycles. The number of nitro groups is 2. The van der Waals surface area contributed by atoms with Gasteiger partial charge in [0, 0.05) is 12.0 Å². The van der Waals surface area contributed by atoms with Crippen molar-refractivity contribution in [2.75, 3.05) is 5.43 Å². The van der Waals surface area contributed by atoms with Crippen LogP contribution in [-0.2, 0) is 0 Å². The molecule has 0 unspecified atom stereocenters. The molecule has 4 aliphatic rings. The van der Waals surface area contributed by atoms with Crippen LogP contribution in [0.15, 0.2) is 34.4 Å². The average molecular weight is 467 g/mol. The third kappa shape index (κ3) is 3.06. The van der Waals surface area contributed by atoms with E-state index in [1.807, 2.05) is 0 Å². The van der Waals surface area contributed by atoms with Crippen LogP contribution in [0.2, 0.25) is 0 Å². The van der Waals surface area contributed by atoms with Crippen LogP contribution in [0.25, 0.3) is 0 Å². The molecule has 182 valence electrons. The molecule has 4 bridgehead atoms. The van der Waals surface area contributed by atoms with Gasteiger partial charge < -0.3 is 0 Å². The van der Waals surface area contributed by atoms with Crippen molar-refractivity contribution in [1.29, 1.82) is 0 Å². The quantitative estimate of drug-likeness (QED) is 0.398. The summed E-state index contributed by atoms with van der Waals surface area (Å²) in [6.45, 7) is 14.2. The molecule has 4 aliphatic carbocycles. The number of nitro benzene ring substituents is 2. The van der Waals surface area contributed by atoms with Gasteiger partial charge in [-0.25, -0.2) is 0 Å². The topological polar surface area (TPSA) is 111 Å². The zero-order chi connectivity index (χ0) is 24.7. The Labute approximate surface area is 200 Å². The first-order valence-corrected chi connectivity index (χ1v) is 12.3. The van der Waals surface area contributed by atoms with Crippen molar-refractivity contribution in [2.24, 2.45) is 51.4 Å². The van der Waals surface area contributed by atoms with Gasteiger partial charge in [-0.15, -0.1) is 0 Å². The maximum Gasteiger partial charge on any atom is 0.301 e. The number of fused-ring (bicyclic) bond motifs is 4. The van der Waals surface area contributed by atoms with Crippen LogP contribution in [0, 0.1) is 66.6 Å². The molecule has 1 N–H and O–H groups in total. The summed E-state index contributed by atoms with van der Waals surface area (Å²) in [6, 6.07) is 3.66. The SMILES string of the molecule is C[C@@H]1[C@H]2C[C@H](CC2=C2/C(=N\Nc3ccc([N+](=O)[O-])cc3[N+](=O)[O-])[C@@H]3C[C@@H]2C(C)(C)[C@H]3C)C1(C)C. The van der Waals surface area contributed by atoms with E-state index in [1.54, 1.807) is 5.57 Å². The van der Waals surface area contributed by atoms with E-state index in [4.69, 9.17) is 5.10 Å². The van der Waals surface area contributed by atoms with Crippen molar-refractivity contribution >= 4 is 22.8 Å². The van der Waals surface area contributed by atoms with Crippen molar-refractivity contribution in [3.63, 3.8) is 0 Å². The zero-order valence-corrected chi connectivity index (χ0v) is 20.8. The molecule has 34 heavy (non-hydrogen) atoms. The first kappa shape index (κ1) is 23.0. The van der Waals surface area contributed by atoms with Gasteiger partial charge >= 0.3 is 5.69 Å². The Hall–Kier alpha value is -2.77. The normalized spacial score (nSPS) is 38.0. The minimum Gasteiger partial charge on any atom is -0.271 e. The van der Waals surface area contributed by atoms with Crippen LogP contribution in [0.5, 0.6) is 0 Å². The maximum absolute atomic E-state index is 11.6. The van der Waals surface area contributed by atoms with Crippen molar-refractivity contribution < 1.29 is 9.85 Å². The van der Waals surface area contributed by atoms with E-state index in [-0.39, 0.29) is 22.5 Å². The van der Waals surface area contributed by atoms with Crippen LogP contribution >= 0.6 is 0 Å². The van der Waals surface area contributed by atoms with E-state index in [0.29, 0.717) is 40.9 Å². The molecule has 0 heterocycles. The fourth-order valence-corrected chi connectivity index (χ4v) is 7.57. The van der Waals surface area contributed by atoms with Crippen LogP contribution in [0.1, 0.15) is 60.8 Å². The van der Waals surface area contributed by atoms with Crippen LogP contribution in [0.4, 0.5) is 17.1 Å². The highest BCUT2D eigenvalue weighted by molar-refractivity contribution is 6.07. The fourth-order valence-electron chi connectivity index (χ4n) is 7.57. The molecule has 8 nitrogen and oxygen atoms in total. The van der Waals surface area contributed by atoms with Gasteiger partial charge in [0.15, 0.2) is 0 Å². The van der Waals surface area contributed by atoms with Gasteiger partial charge in [-0.05, 0) is 71.3 Å². The lowest BCUT2D eigenvalue weighted by atomic mass is 9.62. The van der Waals surface area contributed by atoms with E-state index in [0.717, 1.165) is 24.6 Å². The summed E-state index contributed by atoms with van der Waals surface area (Å²) < 4.78 is 0. The molecule has 8 heteroatoms. The molecule has 0 aliphatic heterocycles. The molecule has 1 aromatic carbocycles. The van der Waals surface area contributed by atoms with Crippen LogP contribution in [0.3, 0.4) is 0 Å². The Morgan fingerprint density at radius 1 is 0.971 bits per heavy atom. The molecule has 4 fully saturated rings. The monoisotopic (exact) mass is 466 g/mol. The number of hydrogen-bond acceptors (Lipinski definition) is 6. The molecule has 0 spiro atoms. The number of nitrogens with zero attached hydrogens (tertiary/aromatic N) is 3. The summed E-state index contributed by atoms with van der Waals surface area (Å²) >= 11 is 0. The molecule has 0 radical (unpaired) electrons. The summed E-state index contributed by atoms with van der Waals surface area (Å²) in [6.07, 6.45) is 3.45. The zero-order valence-electron chi connectivity index (χ0n) is 20.8. The predicted octanol–water partition coefficient (Wildman–Crippen LogP) is 6.58. The van der Waals surface area contributed by atoms with Gasteiger partial charge in [0.25, 0.3) is 5.69 Å². The molecule has 0 aromatic heterocycles. The highest BCUT2D eigenvalue weighted by atomic mass is 16.6. The largest absolute Gasteiger partial charge is 0.301 e. The molecular weight excluding hydrogens is 432 g/mol. The lowest BCUT2D eigenvalue weighted by Gasteiger charge is -2.42. The van der Waals surface area contributed by atoms with E-state index in [9.17, 15) is 20.2 Å². The molecule has 0 saturated heterocycles. The Morgan fingerprint density at radius 3 is 2.24 bits per heavy atom. The smallest absolute Gasteiger partial charge is 0.271 e. The first-order valence-electron chi connectivity index (χ1n) is 12.3. The van der Waals surface area contributed by atoms with Crippen molar-refractivity contribution in [3.05, 3.63) is 49.6 Å². The van der Waals surface area contributed by atoms with Gasteiger partial charge in [0.1, 0.15) is 5.69 Å². The third-order valence-electron chi connectivity index (χ3n) is 10.5. The van der Waals surface area contributed by atoms with Crippen molar-refractivity contribution in [2.45, 2.75) is 60.8 Å². The summed E-state index contributed by atoms with van der Waals surface area (Å²) in [5, 5.41) is 27.5. The summed E-state index contributed by atoms with van der Waals surface area (Å²) in [5.74, 6) is 3.12.